The Kier molecular flexibility index (Phi) is 10.3. The van der Waals surface area contributed by atoms with E-state index in [9.17, 15) is 14.7 Å². The number of aliphatic hydroxyl groups excluding tert-OH is 1. The van der Waals surface area contributed by atoms with Crippen LogP contribution in [0, 0.1) is 0 Å². The van der Waals surface area contributed by atoms with Crippen LogP contribution >= 0.6 is 0 Å². The van der Waals surface area contributed by atoms with Gasteiger partial charge in [-0.05, 0) is 12.5 Å². The summed E-state index contributed by atoms with van der Waals surface area (Å²) in [5.74, 6) is -0.353. The van der Waals surface area contributed by atoms with Crippen molar-refractivity contribution in [3.05, 3.63) is 36.0 Å². The summed E-state index contributed by atoms with van der Waals surface area (Å²) in [5.41, 5.74) is 1.28. The second-order valence-corrected chi connectivity index (χ2v) is 7.32. The largest absolute Gasteiger partial charge is 0.428 e. The zero-order chi connectivity index (χ0) is 20.9. The Morgan fingerprint density at radius 3 is 2.28 bits per heavy atom. The van der Waals surface area contributed by atoms with Crippen LogP contribution in [0.2, 0.25) is 0 Å². The van der Waals surface area contributed by atoms with E-state index in [4.69, 9.17) is 9.47 Å². The highest BCUT2D eigenvalue weighted by Gasteiger charge is 2.14. The minimum absolute atomic E-state index is 0.172. The van der Waals surface area contributed by atoms with Crippen LogP contribution in [0.4, 0.5) is 4.79 Å². The highest BCUT2D eigenvalue weighted by molar-refractivity contribution is 5.91. The standard InChI is InChI=1S/C23H33NO5/c1-2-3-4-5-6-7-8-9-10-15-22(26)28-18-29-23(27)24-16-19(17-25)20-13-11-12-14-21(20)24/h11-14,16,25H,2-10,15,17-18H2,1H3. The molecule has 0 aliphatic heterocycles. The molecular formula is C23H33NO5. The number of esters is 1. The van der Waals surface area contributed by atoms with E-state index in [-0.39, 0.29) is 12.6 Å². The lowest BCUT2D eigenvalue weighted by atomic mass is 10.1. The van der Waals surface area contributed by atoms with Crippen LogP contribution in [0.5, 0.6) is 0 Å². The third-order valence-electron chi connectivity index (χ3n) is 5.05. The van der Waals surface area contributed by atoms with Crippen molar-refractivity contribution in [3.63, 3.8) is 0 Å². The number of fused-ring (bicyclic) bond motifs is 1. The van der Waals surface area contributed by atoms with Crippen LogP contribution < -0.4 is 0 Å². The highest BCUT2D eigenvalue weighted by Crippen LogP contribution is 2.21. The van der Waals surface area contributed by atoms with Crippen molar-refractivity contribution in [2.75, 3.05) is 6.79 Å². The molecule has 0 radical (unpaired) electrons. The Morgan fingerprint density at radius 1 is 0.931 bits per heavy atom. The summed E-state index contributed by atoms with van der Waals surface area (Å²) >= 11 is 0. The highest BCUT2D eigenvalue weighted by atomic mass is 16.7. The summed E-state index contributed by atoms with van der Waals surface area (Å²) in [6.45, 7) is 1.64. The van der Waals surface area contributed by atoms with Crippen molar-refractivity contribution >= 4 is 23.0 Å². The predicted octanol–water partition coefficient (Wildman–Crippen LogP) is 5.54. The summed E-state index contributed by atoms with van der Waals surface area (Å²) in [6.07, 6.45) is 11.9. The zero-order valence-corrected chi connectivity index (χ0v) is 17.4. The lowest BCUT2D eigenvalue weighted by Gasteiger charge is -2.07. The van der Waals surface area contributed by atoms with Crippen LogP contribution in [0.25, 0.3) is 10.9 Å². The number of aliphatic hydroxyl groups is 1. The molecule has 0 aliphatic rings. The number of para-hydroxylation sites is 1. The Balaban J connectivity index is 1.61. The first kappa shape index (κ1) is 22.9. The molecule has 1 N–H and O–H groups in total. The van der Waals surface area contributed by atoms with Gasteiger partial charge in [0.15, 0.2) is 0 Å². The van der Waals surface area contributed by atoms with Gasteiger partial charge in [0.05, 0.1) is 12.1 Å². The first-order valence-electron chi connectivity index (χ1n) is 10.7. The zero-order valence-electron chi connectivity index (χ0n) is 17.4. The first-order chi connectivity index (χ1) is 14.2. The van der Waals surface area contributed by atoms with E-state index < -0.39 is 12.9 Å². The number of carbonyl (C=O) groups excluding carboxylic acids is 2. The maximum Gasteiger partial charge on any atom is 0.421 e. The maximum atomic E-state index is 12.3. The molecule has 160 valence electrons. The van der Waals surface area contributed by atoms with E-state index in [1.807, 2.05) is 12.1 Å². The van der Waals surface area contributed by atoms with E-state index in [1.165, 1.54) is 49.3 Å². The SMILES string of the molecule is CCCCCCCCCCCC(=O)OCOC(=O)n1cc(CO)c2ccccc21. The van der Waals surface area contributed by atoms with Crippen molar-refractivity contribution in [1.29, 1.82) is 0 Å². The van der Waals surface area contributed by atoms with Crippen LogP contribution in [0.15, 0.2) is 30.5 Å². The van der Waals surface area contributed by atoms with Gasteiger partial charge in [0.2, 0.25) is 6.79 Å². The van der Waals surface area contributed by atoms with Crippen molar-refractivity contribution in [3.8, 4) is 0 Å². The van der Waals surface area contributed by atoms with Gasteiger partial charge in [-0.1, -0.05) is 76.5 Å². The van der Waals surface area contributed by atoms with Gasteiger partial charge in [0.25, 0.3) is 0 Å². The number of hydrogen-bond donors (Lipinski definition) is 1. The number of hydrogen-bond acceptors (Lipinski definition) is 5. The molecule has 6 nitrogen and oxygen atoms in total. The van der Waals surface area contributed by atoms with Gasteiger partial charge in [-0.15, -0.1) is 0 Å². The third kappa shape index (κ3) is 7.54. The molecule has 1 aromatic heterocycles. The van der Waals surface area contributed by atoms with Gasteiger partial charge < -0.3 is 14.6 Å². The number of unbranched alkanes of at least 4 members (excludes halogenated alkanes) is 8. The first-order valence-corrected chi connectivity index (χ1v) is 10.7. The van der Waals surface area contributed by atoms with Gasteiger partial charge in [0.1, 0.15) is 0 Å². The van der Waals surface area contributed by atoms with Gasteiger partial charge in [-0.3, -0.25) is 9.36 Å². The Morgan fingerprint density at radius 2 is 1.59 bits per heavy atom. The van der Waals surface area contributed by atoms with Gasteiger partial charge >= 0.3 is 12.1 Å². The molecule has 1 heterocycles. The van der Waals surface area contributed by atoms with E-state index in [0.717, 1.165) is 24.6 Å². The van der Waals surface area contributed by atoms with E-state index >= 15 is 0 Å². The number of carbonyl (C=O) groups is 2. The topological polar surface area (TPSA) is 77.8 Å². The molecule has 0 amide bonds. The molecule has 0 fully saturated rings. The lowest BCUT2D eigenvalue weighted by molar-refractivity contribution is -0.151. The predicted molar refractivity (Wildman–Crippen MR) is 113 cm³/mol. The summed E-state index contributed by atoms with van der Waals surface area (Å²) in [4.78, 5) is 24.0. The summed E-state index contributed by atoms with van der Waals surface area (Å²) in [7, 11) is 0. The van der Waals surface area contributed by atoms with E-state index in [0.29, 0.717) is 17.5 Å². The van der Waals surface area contributed by atoms with E-state index in [2.05, 4.69) is 6.92 Å². The van der Waals surface area contributed by atoms with Gasteiger partial charge in [-0.25, -0.2) is 4.79 Å². The van der Waals surface area contributed by atoms with Crippen LogP contribution in [0.3, 0.4) is 0 Å². The van der Waals surface area contributed by atoms with Crippen LogP contribution in [-0.4, -0.2) is 28.5 Å². The monoisotopic (exact) mass is 403 g/mol. The minimum Gasteiger partial charge on any atom is -0.428 e. The summed E-state index contributed by atoms with van der Waals surface area (Å²) < 4.78 is 11.4. The molecule has 29 heavy (non-hydrogen) atoms. The average molecular weight is 404 g/mol. The third-order valence-corrected chi connectivity index (χ3v) is 5.05. The average Bonchev–Trinajstić information content (AvgIpc) is 3.11. The molecule has 2 aromatic rings. The molecule has 6 heteroatoms. The maximum absolute atomic E-state index is 12.3. The fourth-order valence-corrected chi connectivity index (χ4v) is 3.39. The fourth-order valence-electron chi connectivity index (χ4n) is 3.39. The second-order valence-electron chi connectivity index (χ2n) is 7.32. The Hall–Kier alpha value is -2.34. The van der Waals surface area contributed by atoms with Crippen molar-refractivity contribution < 1.29 is 24.2 Å². The molecular weight excluding hydrogens is 370 g/mol. The number of rotatable bonds is 13. The van der Waals surface area contributed by atoms with Crippen LogP contribution in [0.1, 0.15) is 76.7 Å². The van der Waals surface area contributed by atoms with Crippen LogP contribution in [-0.2, 0) is 20.9 Å². The van der Waals surface area contributed by atoms with Gasteiger partial charge in [0, 0.05) is 23.6 Å². The number of aromatic nitrogens is 1. The molecule has 0 atom stereocenters. The Bertz CT molecular complexity index is 768. The fraction of sp³-hybridized carbons (Fsp3) is 0.565. The summed E-state index contributed by atoms with van der Waals surface area (Å²) in [6, 6.07) is 7.24. The molecule has 2 rings (SSSR count). The number of ether oxygens (including phenoxy) is 2. The molecule has 1 aromatic carbocycles. The van der Waals surface area contributed by atoms with E-state index in [1.54, 1.807) is 12.1 Å². The number of nitrogens with zero attached hydrogens (tertiary/aromatic N) is 1. The number of benzene rings is 1. The summed E-state index contributed by atoms with van der Waals surface area (Å²) in [5, 5.41) is 10.2. The molecule has 0 unspecified atom stereocenters. The van der Waals surface area contributed by atoms with Crippen molar-refractivity contribution in [2.45, 2.75) is 77.7 Å². The smallest absolute Gasteiger partial charge is 0.421 e. The van der Waals surface area contributed by atoms with Crippen molar-refractivity contribution in [1.82, 2.24) is 4.57 Å². The molecule has 0 aliphatic carbocycles. The minimum atomic E-state index is -0.642. The molecule has 0 saturated heterocycles. The van der Waals surface area contributed by atoms with Gasteiger partial charge in [-0.2, -0.15) is 0 Å². The molecule has 0 bridgehead atoms. The normalized spacial score (nSPS) is 11.0. The molecule has 0 saturated carbocycles. The molecule has 0 spiro atoms. The second kappa shape index (κ2) is 13.0. The Labute approximate surface area is 172 Å². The van der Waals surface area contributed by atoms with Crippen molar-refractivity contribution in [2.24, 2.45) is 0 Å². The lowest BCUT2D eigenvalue weighted by Crippen LogP contribution is -2.17. The quantitative estimate of drug-likeness (QED) is 0.270.